The first kappa shape index (κ1) is 34.7. The van der Waals surface area contributed by atoms with Crippen molar-refractivity contribution >= 4 is 23.1 Å². The van der Waals surface area contributed by atoms with E-state index in [-0.39, 0.29) is 24.3 Å². The van der Waals surface area contributed by atoms with Crippen LogP contribution in [0.2, 0.25) is 0 Å². The molecule has 0 unspecified atom stereocenters. The molecule has 0 aliphatic carbocycles. The Morgan fingerprint density at radius 3 is 2.52 bits per heavy atom. The maximum atomic E-state index is 13.9. The van der Waals surface area contributed by atoms with Crippen LogP contribution in [-0.4, -0.2) is 53.9 Å². The van der Waals surface area contributed by atoms with Crippen LogP contribution in [0.5, 0.6) is 5.75 Å². The molecule has 46 heavy (non-hydrogen) atoms. The van der Waals surface area contributed by atoms with Crippen LogP contribution in [0.15, 0.2) is 55.8 Å². The number of pyridine rings is 1. The van der Waals surface area contributed by atoms with E-state index in [1.54, 1.807) is 22.7 Å². The molecule has 9 nitrogen and oxygen atoms in total. The van der Waals surface area contributed by atoms with Gasteiger partial charge in [0.25, 0.3) is 5.91 Å². The molecule has 10 heteroatoms. The van der Waals surface area contributed by atoms with Gasteiger partial charge >= 0.3 is 5.97 Å². The molecule has 1 N–H and O–H groups in total. The summed E-state index contributed by atoms with van der Waals surface area (Å²) in [6.45, 7) is 19.3. The number of nitrogens with one attached hydrogen (secondary N) is 1. The van der Waals surface area contributed by atoms with Gasteiger partial charge in [0.2, 0.25) is 0 Å². The Bertz CT molecular complexity index is 1580. The topological polar surface area (TPSA) is 94.4 Å². The SMILES string of the molecule is C=CCCC1(C)CCN(c2c([C@H](OC(C)(C)C)C(=O)OC)c(C)cn3nc(C(=O)NCc4ccc(F)cc4OCC=C)cc23)CC1. The number of carbonyl (C=O) groups excluding carboxylic acids is 2. The third-order valence-electron chi connectivity index (χ3n) is 8.42. The standard InChI is InChI=1S/C36H47FN4O5/c1-9-11-14-36(7)15-17-40(18-16-36)31-28-21-27(33(42)38-22-25-12-13-26(37)20-29(25)45-19-10-2)39-41(28)23-24(3)30(31)32(34(43)44-8)46-35(4,5)6/h9-10,12-13,20-21,23,32H,1-2,11,14-19,22H2,3-8H3,(H,38,42)/t32-/m0/s1. The zero-order chi connectivity index (χ0) is 33.6. The molecule has 0 bridgehead atoms. The Morgan fingerprint density at radius 1 is 1.17 bits per heavy atom. The van der Waals surface area contributed by atoms with Gasteiger partial charge in [0, 0.05) is 43.0 Å². The number of benzene rings is 1. The molecule has 1 atom stereocenters. The van der Waals surface area contributed by atoms with Crippen LogP contribution in [0.1, 0.15) is 86.7 Å². The third kappa shape index (κ3) is 8.15. The summed E-state index contributed by atoms with van der Waals surface area (Å²) in [5.41, 5.74) is 3.33. The van der Waals surface area contributed by atoms with Crippen LogP contribution in [0, 0.1) is 18.2 Å². The number of allylic oxidation sites excluding steroid dienone is 1. The lowest BCUT2D eigenvalue weighted by atomic mass is 9.76. The van der Waals surface area contributed by atoms with Gasteiger partial charge in [0.15, 0.2) is 11.8 Å². The summed E-state index contributed by atoms with van der Waals surface area (Å²) in [5.74, 6) is -1.01. The molecule has 0 spiro atoms. The summed E-state index contributed by atoms with van der Waals surface area (Å²) < 4.78 is 32.8. The first-order chi connectivity index (χ1) is 21.8. The van der Waals surface area contributed by atoms with E-state index in [1.807, 2.05) is 40.0 Å². The highest BCUT2D eigenvalue weighted by atomic mass is 19.1. The van der Waals surface area contributed by atoms with E-state index in [2.05, 4.69) is 35.4 Å². The van der Waals surface area contributed by atoms with Crippen molar-refractivity contribution in [1.82, 2.24) is 14.9 Å². The normalized spacial score (nSPS) is 15.3. The first-order valence-corrected chi connectivity index (χ1v) is 15.7. The molecule has 1 aliphatic heterocycles. The van der Waals surface area contributed by atoms with Crippen molar-refractivity contribution in [3.8, 4) is 5.75 Å². The van der Waals surface area contributed by atoms with Crippen molar-refractivity contribution in [3.05, 3.63) is 84.0 Å². The monoisotopic (exact) mass is 634 g/mol. The van der Waals surface area contributed by atoms with Crippen LogP contribution in [0.4, 0.5) is 10.1 Å². The molecule has 248 valence electrons. The molecule has 0 radical (unpaired) electrons. The second-order valence-corrected chi connectivity index (χ2v) is 13.2. The highest BCUT2D eigenvalue weighted by molar-refractivity contribution is 5.95. The Balaban J connectivity index is 1.75. The van der Waals surface area contributed by atoms with Gasteiger partial charge in [-0.15, -0.1) is 6.58 Å². The van der Waals surface area contributed by atoms with Crippen molar-refractivity contribution in [1.29, 1.82) is 0 Å². The molecule has 2 aromatic heterocycles. The van der Waals surface area contributed by atoms with Gasteiger partial charge in [-0.05, 0) is 76.5 Å². The number of halogens is 1. The minimum Gasteiger partial charge on any atom is -0.489 e. The second kappa shape index (κ2) is 14.5. The zero-order valence-corrected chi connectivity index (χ0v) is 28.0. The maximum absolute atomic E-state index is 13.9. The average Bonchev–Trinajstić information content (AvgIpc) is 3.44. The fourth-order valence-corrected chi connectivity index (χ4v) is 5.90. The Kier molecular flexibility index (Phi) is 10.9. The minimum atomic E-state index is -0.987. The number of aryl methyl sites for hydroxylation is 1. The first-order valence-electron chi connectivity index (χ1n) is 15.7. The van der Waals surface area contributed by atoms with Crippen LogP contribution < -0.4 is 15.0 Å². The number of esters is 1. The van der Waals surface area contributed by atoms with Gasteiger partial charge in [-0.3, -0.25) is 4.79 Å². The van der Waals surface area contributed by atoms with Gasteiger partial charge in [-0.25, -0.2) is 13.7 Å². The van der Waals surface area contributed by atoms with E-state index in [9.17, 15) is 14.0 Å². The number of hydrogen-bond donors (Lipinski definition) is 1. The van der Waals surface area contributed by atoms with E-state index in [0.717, 1.165) is 50.0 Å². The maximum Gasteiger partial charge on any atom is 0.339 e. The number of rotatable bonds is 13. The zero-order valence-electron chi connectivity index (χ0n) is 28.0. The van der Waals surface area contributed by atoms with Gasteiger partial charge in [-0.2, -0.15) is 5.10 Å². The van der Waals surface area contributed by atoms with Gasteiger partial charge in [0.05, 0.1) is 23.9 Å². The smallest absolute Gasteiger partial charge is 0.339 e. The van der Waals surface area contributed by atoms with Crippen molar-refractivity contribution in [2.45, 2.75) is 78.6 Å². The molecule has 0 saturated carbocycles. The van der Waals surface area contributed by atoms with Crippen molar-refractivity contribution < 1.29 is 28.2 Å². The predicted molar refractivity (Wildman–Crippen MR) is 178 cm³/mol. The number of piperidine rings is 1. The van der Waals surface area contributed by atoms with E-state index < -0.39 is 29.4 Å². The summed E-state index contributed by atoms with van der Waals surface area (Å²) in [5, 5.41) is 7.53. The Hall–Kier alpha value is -4.18. The van der Waals surface area contributed by atoms with Crippen LogP contribution in [-0.2, 0) is 20.8 Å². The van der Waals surface area contributed by atoms with Crippen molar-refractivity contribution in [2.24, 2.45) is 5.41 Å². The van der Waals surface area contributed by atoms with E-state index in [1.165, 1.54) is 19.2 Å². The Labute approximate surface area is 271 Å². The quantitative estimate of drug-likeness (QED) is 0.162. The lowest BCUT2D eigenvalue weighted by molar-refractivity contribution is -0.164. The Morgan fingerprint density at radius 2 is 1.89 bits per heavy atom. The lowest BCUT2D eigenvalue weighted by Crippen LogP contribution is -2.40. The number of aromatic nitrogens is 2. The highest BCUT2D eigenvalue weighted by Gasteiger charge is 2.37. The molecule has 4 rings (SSSR count). The van der Waals surface area contributed by atoms with E-state index in [0.29, 0.717) is 22.4 Å². The predicted octanol–water partition coefficient (Wildman–Crippen LogP) is 6.88. The van der Waals surface area contributed by atoms with Crippen molar-refractivity contribution in [2.75, 3.05) is 31.7 Å². The molecule has 1 aliphatic rings. The molecule has 1 aromatic carbocycles. The number of hydrogen-bond acceptors (Lipinski definition) is 7. The van der Waals surface area contributed by atoms with Crippen LogP contribution >= 0.6 is 0 Å². The molecular weight excluding hydrogens is 587 g/mol. The fraction of sp³-hybridized carbons (Fsp3) is 0.472. The molecule has 3 heterocycles. The fourth-order valence-electron chi connectivity index (χ4n) is 5.90. The van der Waals surface area contributed by atoms with Gasteiger partial charge < -0.3 is 24.4 Å². The molecule has 1 fully saturated rings. The summed E-state index contributed by atoms with van der Waals surface area (Å²) >= 11 is 0. The number of fused-ring (bicyclic) bond motifs is 1. The number of anilines is 1. The second-order valence-electron chi connectivity index (χ2n) is 13.2. The summed E-state index contributed by atoms with van der Waals surface area (Å²) in [6, 6.07) is 5.92. The third-order valence-corrected chi connectivity index (χ3v) is 8.42. The number of nitrogens with zero attached hydrogens (tertiary/aromatic N) is 3. The largest absolute Gasteiger partial charge is 0.489 e. The number of amides is 1. The summed E-state index contributed by atoms with van der Waals surface area (Å²) in [7, 11) is 1.36. The number of ether oxygens (including phenoxy) is 3. The van der Waals surface area contributed by atoms with E-state index in [4.69, 9.17) is 14.2 Å². The van der Waals surface area contributed by atoms with Crippen LogP contribution in [0.3, 0.4) is 0 Å². The molecule has 3 aromatic rings. The minimum absolute atomic E-state index is 0.107. The van der Waals surface area contributed by atoms with E-state index >= 15 is 0 Å². The van der Waals surface area contributed by atoms with Gasteiger partial charge in [0.1, 0.15) is 18.2 Å². The van der Waals surface area contributed by atoms with Crippen molar-refractivity contribution in [3.63, 3.8) is 0 Å². The summed E-state index contributed by atoms with van der Waals surface area (Å²) in [6.07, 6.45) is 8.29. The molecule has 1 amide bonds. The number of carbonyl (C=O) groups is 2. The molecular formula is C36H47FN4O5. The summed E-state index contributed by atoms with van der Waals surface area (Å²) in [4.78, 5) is 29.0. The average molecular weight is 635 g/mol. The highest BCUT2D eigenvalue weighted by Crippen LogP contribution is 2.43. The molecule has 1 saturated heterocycles. The lowest BCUT2D eigenvalue weighted by Gasteiger charge is -2.42. The van der Waals surface area contributed by atoms with Crippen LogP contribution in [0.25, 0.3) is 5.52 Å². The number of methoxy groups -OCH3 is 1. The van der Waals surface area contributed by atoms with Gasteiger partial charge in [-0.1, -0.05) is 31.7 Å².